The molecule has 16 heavy (non-hydrogen) atoms. The fourth-order valence-corrected chi connectivity index (χ4v) is 1.22. The topological polar surface area (TPSA) is 82.3 Å². The first-order chi connectivity index (χ1) is 7.72. The van der Waals surface area contributed by atoms with Crippen LogP contribution in [0.4, 0.5) is 5.69 Å². The number of hydrogen-bond donors (Lipinski definition) is 2. The second-order valence-corrected chi connectivity index (χ2v) is 3.06. The van der Waals surface area contributed by atoms with Crippen LogP contribution in [0.15, 0.2) is 24.3 Å². The van der Waals surface area contributed by atoms with Gasteiger partial charge in [-0.2, -0.15) is 5.26 Å². The number of nitrogens with one attached hydrogen (secondary N) is 1. The molecule has 0 aliphatic carbocycles. The highest BCUT2D eigenvalue weighted by Crippen LogP contribution is 2.14. The highest BCUT2D eigenvalue weighted by molar-refractivity contribution is 5.80. The second-order valence-electron chi connectivity index (χ2n) is 3.06. The van der Waals surface area contributed by atoms with Crippen LogP contribution in [0, 0.1) is 11.3 Å². The third-order valence-corrected chi connectivity index (χ3v) is 2.05. The largest absolute Gasteiger partial charge is 0.467 e. The lowest BCUT2D eigenvalue weighted by Gasteiger charge is -2.15. The Morgan fingerprint density at radius 2 is 2.31 bits per heavy atom. The van der Waals surface area contributed by atoms with Gasteiger partial charge in [-0.3, -0.25) is 0 Å². The van der Waals surface area contributed by atoms with E-state index in [4.69, 9.17) is 10.4 Å². The van der Waals surface area contributed by atoms with Crippen LogP contribution in [0.1, 0.15) is 5.56 Å². The Labute approximate surface area is 93.3 Å². The molecule has 1 aromatic carbocycles. The molecule has 0 fully saturated rings. The summed E-state index contributed by atoms with van der Waals surface area (Å²) in [6.45, 7) is -0.396. The summed E-state index contributed by atoms with van der Waals surface area (Å²) in [5.74, 6) is -0.574. The number of methoxy groups -OCH3 is 1. The Bertz CT molecular complexity index is 412. The lowest BCUT2D eigenvalue weighted by molar-refractivity contribution is -0.142. The van der Waals surface area contributed by atoms with Crippen molar-refractivity contribution in [3.63, 3.8) is 0 Å². The summed E-state index contributed by atoms with van der Waals surface area (Å²) >= 11 is 0. The van der Waals surface area contributed by atoms with E-state index in [9.17, 15) is 4.79 Å². The molecule has 0 aromatic heterocycles. The van der Waals surface area contributed by atoms with E-state index in [0.717, 1.165) is 0 Å². The molecule has 1 atom stereocenters. The standard InChI is InChI=1S/C11H12N2O3/c1-16-11(15)10(7-14)13-9-5-3-2-4-8(9)6-12/h2-5,10,13-14H,7H2,1H3. The van der Waals surface area contributed by atoms with Gasteiger partial charge in [-0.15, -0.1) is 0 Å². The van der Waals surface area contributed by atoms with Crippen molar-refractivity contribution in [2.75, 3.05) is 19.0 Å². The summed E-state index contributed by atoms with van der Waals surface area (Å²) in [6, 6.07) is 7.85. The number of hydrogen-bond acceptors (Lipinski definition) is 5. The molecule has 1 aromatic rings. The Balaban J connectivity index is 2.86. The molecule has 5 nitrogen and oxygen atoms in total. The van der Waals surface area contributed by atoms with E-state index in [1.165, 1.54) is 7.11 Å². The maximum absolute atomic E-state index is 11.2. The van der Waals surface area contributed by atoms with Crippen LogP contribution in [-0.2, 0) is 9.53 Å². The molecule has 0 aliphatic heterocycles. The molecule has 0 saturated heterocycles. The molecule has 1 rings (SSSR count). The number of nitrogens with zero attached hydrogens (tertiary/aromatic N) is 1. The molecule has 0 amide bonds. The fourth-order valence-electron chi connectivity index (χ4n) is 1.22. The van der Waals surface area contributed by atoms with Crippen LogP contribution in [-0.4, -0.2) is 30.8 Å². The van der Waals surface area contributed by atoms with Gasteiger partial charge < -0.3 is 15.2 Å². The van der Waals surface area contributed by atoms with E-state index in [0.29, 0.717) is 11.3 Å². The van der Waals surface area contributed by atoms with E-state index < -0.39 is 18.6 Å². The summed E-state index contributed by atoms with van der Waals surface area (Å²) in [6.07, 6.45) is 0. The van der Waals surface area contributed by atoms with Gasteiger partial charge >= 0.3 is 5.97 Å². The van der Waals surface area contributed by atoms with Gasteiger partial charge in [0.15, 0.2) is 0 Å². The number of aliphatic hydroxyl groups is 1. The first-order valence-electron chi connectivity index (χ1n) is 4.67. The van der Waals surface area contributed by atoms with Crippen LogP contribution < -0.4 is 5.32 Å². The first-order valence-corrected chi connectivity index (χ1v) is 4.67. The third kappa shape index (κ3) is 2.72. The van der Waals surface area contributed by atoms with E-state index >= 15 is 0 Å². The second kappa shape index (κ2) is 5.73. The lowest BCUT2D eigenvalue weighted by atomic mass is 10.2. The number of esters is 1. The molecule has 5 heteroatoms. The number of anilines is 1. The fraction of sp³-hybridized carbons (Fsp3) is 0.273. The highest BCUT2D eigenvalue weighted by Gasteiger charge is 2.18. The minimum absolute atomic E-state index is 0.396. The minimum atomic E-state index is -0.862. The number of rotatable bonds is 4. The van der Waals surface area contributed by atoms with Gasteiger partial charge in [-0.1, -0.05) is 12.1 Å². The van der Waals surface area contributed by atoms with Crippen LogP contribution in [0.3, 0.4) is 0 Å². The van der Waals surface area contributed by atoms with E-state index in [1.807, 2.05) is 6.07 Å². The molecular weight excluding hydrogens is 208 g/mol. The molecule has 0 bridgehead atoms. The summed E-state index contributed by atoms with van der Waals surface area (Å²) in [5, 5.41) is 20.6. The summed E-state index contributed by atoms with van der Waals surface area (Å²) in [5.41, 5.74) is 0.902. The summed E-state index contributed by atoms with van der Waals surface area (Å²) in [7, 11) is 1.24. The van der Waals surface area contributed by atoms with Crippen LogP contribution in [0.25, 0.3) is 0 Å². The predicted octanol–water partition coefficient (Wildman–Crippen LogP) is 0.504. The summed E-state index contributed by atoms with van der Waals surface area (Å²) in [4.78, 5) is 11.2. The number of ether oxygens (including phenoxy) is 1. The van der Waals surface area contributed by atoms with Gasteiger partial charge in [-0.25, -0.2) is 4.79 Å². The van der Waals surface area contributed by atoms with Gasteiger partial charge in [0.25, 0.3) is 0 Å². The molecule has 84 valence electrons. The van der Waals surface area contributed by atoms with Crippen LogP contribution in [0.5, 0.6) is 0 Å². The molecule has 0 heterocycles. The Morgan fingerprint density at radius 1 is 1.62 bits per heavy atom. The molecule has 2 N–H and O–H groups in total. The number of carbonyl (C=O) groups is 1. The Hall–Kier alpha value is -2.06. The number of para-hydroxylation sites is 1. The smallest absolute Gasteiger partial charge is 0.330 e. The molecule has 1 unspecified atom stereocenters. The van der Waals surface area contributed by atoms with E-state index in [1.54, 1.807) is 24.3 Å². The van der Waals surface area contributed by atoms with Crippen molar-refractivity contribution in [2.45, 2.75) is 6.04 Å². The highest BCUT2D eigenvalue weighted by atomic mass is 16.5. The average molecular weight is 220 g/mol. The van der Waals surface area contributed by atoms with Crippen LogP contribution >= 0.6 is 0 Å². The van der Waals surface area contributed by atoms with Gasteiger partial charge in [-0.05, 0) is 12.1 Å². The number of nitriles is 1. The molecule has 0 aliphatic rings. The van der Waals surface area contributed by atoms with Crippen molar-refractivity contribution in [3.8, 4) is 6.07 Å². The van der Waals surface area contributed by atoms with Gasteiger partial charge in [0.1, 0.15) is 12.1 Å². The zero-order valence-electron chi connectivity index (χ0n) is 8.80. The van der Waals surface area contributed by atoms with Crippen LogP contribution in [0.2, 0.25) is 0 Å². The normalized spacial score (nSPS) is 11.3. The van der Waals surface area contributed by atoms with Gasteiger partial charge in [0.2, 0.25) is 0 Å². The average Bonchev–Trinajstić information content (AvgIpc) is 2.35. The maximum atomic E-state index is 11.2. The quantitative estimate of drug-likeness (QED) is 0.722. The van der Waals surface area contributed by atoms with Gasteiger partial charge in [0, 0.05) is 0 Å². The number of aliphatic hydroxyl groups excluding tert-OH is 1. The molecule has 0 saturated carbocycles. The van der Waals surface area contributed by atoms with Gasteiger partial charge in [0.05, 0.1) is 25.0 Å². The van der Waals surface area contributed by atoms with Crippen molar-refractivity contribution < 1.29 is 14.6 Å². The first kappa shape index (κ1) is 12.0. The van der Waals surface area contributed by atoms with E-state index in [2.05, 4.69) is 10.1 Å². The zero-order valence-corrected chi connectivity index (χ0v) is 8.80. The van der Waals surface area contributed by atoms with Crippen molar-refractivity contribution in [3.05, 3.63) is 29.8 Å². The third-order valence-electron chi connectivity index (χ3n) is 2.05. The summed E-state index contributed by atoms with van der Waals surface area (Å²) < 4.78 is 4.50. The number of carbonyl (C=O) groups excluding carboxylic acids is 1. The maximum Gasteiger partial charge on any atom is 0.330 e. The van der Waals surface area contributed by atoms with Crippen molar-refractivity contribution in [2.24, 2.45) is 0 Å². The molecular formula is C11H12N2O3. The lowest BCUT2D eigenvalue weighted by Crippen LogP contribution is -2.34. The van der Waals surface area contributed by atoms with Crippen molar-refractivity contribution in [1.29, 1.82) is 5.26 Å². The molecule has 0 radical (unpaired) electrons. The SMILES string of the molecule is COC(=O)C(CO)Nc1ccccc1C#N. The van der Waals surface area contributed by atoms with Crippen molar-refractivity contribution in [1.82, 2.24) is 0 Å². The Morgan fingerprint density at radius 3 is 2.88 bits per heavy atom. The monoisotopic (exact) mass is 220 g/mol. The number of benzene rings is 1. The predicted molar refractivity (Wildman–Crippen MR) is 57.7 cm³/mol. The van der Waals surface area contributed by atoms with Crippen molar-refractivity contribution >= 4 is 11.7 Å². The van der Waals surface area contributed by atoms with E-state index in [-0.39, 0.29) is 0 Å². The Kier molecular flexibility index (Phi) is 4.30. The molecule has 0 spiro atoms. The zero-order chi connectivity index (χ0) is 12.0. The minimum Gasteiger partial charge on any atom is -0.467 e.